The summed E-state index contributed by atoms with van der Waals surface area (Å²) in [6, 6.07) is 0. The summed E-state index contributed by atoms with van der Waals surface area (Å²) in [5.41, 5.74) is 0. The third kappa shape index (κ3) is 7.21. The zero-order valence-corrected chi connectivity index (χ0v) is 10.2. The minimum Gasteiger partial charge on any atom is -0.0928 e. The third-order valence-corrected chi connectivity index (χ3v) is 3.21. The first-order valence-corrected chi connectivity index (χ1v) is 6.53. The summed E-state index contributed by atoms with van der Waals surface area (Å²) in [6.45, 7) is 5.62. The van der Waals surface area contributed by atoms with Crippen molar-refractivity contribution in [3.8, 4) is 0 Å². The maximum atomic E-state index is 3.46. The second kappa shape index (κ2) is 9.63. The van der Waals surface area contributed by atoms with Gasteiger partial charge < -0.3 is 0 Å². The second-order valence-electron chi connectivity index (χ2n) is 3.57. The highest BCUT2D eigenvalue weighted by Gasteiger charge is 2.06. The predicted molar refractivity (Wildman–Crippen MR) is 63.8 cm³/mol. The molecule has 0 aromatic rings. The molecule has 0 aromatic heterocycles. The number of halogens is 1. The molecule has 0 saturated heterocycles. The molecular weight excluding hydrogens is 211 g/mol. The largest absolute Gasteiger partial charge is 0.139 e. The fraction of sp³-hybridized carbons (Fsp3) is 1.00. The van der Waals surface area contributed by atoms with Crippen molar-refractivity contribution in [2.75, 3.05) is 5.33 Å². The molecule has 0 aliphatic rings. The fourth-order valence-corrected chi connectivity index (χ4v) is 1.97. The maximum absolute atomic E-state index is 3.46. The van der Waals surface area contributed by atoms with Gasteiger partial charge in [-0.05, 0) is 6.42 Å². The van der Waals surface area contributed by atoms with Crippen molar-refractivity contribution >= 4 is 22.6 Å². The lowest BCUT2D eigenvalue weighted by Gasteiger charge is -2.07. The minimum absolute atomic E-state index is 0.994. The molecule has 0 nitrogen and oxygen atoms in total. The summed E-state index contributed by atoms with van der Waals surface area (Å²) < 4.78 is 0. The van der Waals surface area contributed by atoms with E-state index in [0.29, 0.717) is 0 Å². The summed E-state index contributed by atoms with van der Waals surface area (Å²) in [7, 11) is 0. The van der Waals surface area contributed by atoms with Crippen molar-refractivity contribution in [3.63, 3.8) is 0 Å². The summed E-state index contributed by atoms with van der Waals surface area (Å²) in [6.07, 6.45) is 9.83. The Labute approximate surface area is 86.7 Å². The standard InChI is InChI=1S/C10H22BBr/c1-3-11(4-2)9-7-5-6-8-10-12/h3-10H2,1-2H3. The van der Waals surface area contributed by atoms with E-state index in [-0.39, 0.29) is 0 Å². The van der Waals surface area contributed by atoms with Crippen LogP contribution in [-0.4, -0.2) is 12.0 Å². The number of rotatable bonds is 8. The van der Waals surface area contributed by atoms with Crippen LogP contribution < -0.4 is 0 Å². The number of alkyl halides is 1. The van der Waals surface area contributed by atoms with Gasteiger partial charge in [0.05, 0.1) is 0 Å². The lowest BCUT2D eigenvalue weighted by molar-refractivity contribution is 0.703. The first-order valence-electron chi connectivity index (χ1n) is 5.41. The number of unbranched alkanes of at least 4 members (excludes halogenated alkanes) is 3. The molecule has 0 saturated carbocycles. The molecule has 0 aromatic carbocycles. The van der Waals surface area contributed by atoms with Crippen molar-refractivity contribution in [2.45, 2.75) is 58.5 Å². The van der Waals surface area contributed by atoms with Gasteiger partial charge in [0.2, 0.25) is 0 Å². The highest BCUT2D eigenvalue weighted by Crippen LogP contribution is 2.11. The van der Waals surface area contributed by atoms with Crippen LogP contribution in [0.15, 0.2) is 0 Å². The molecule has 2 heteroatoms. The first-order chi connectivity index (χ1) is 5.85. The molecule has 0 heterocycles. The Morgan fingerprint density at radius 2 is 1.50 bits per heavy atom. The van der Waals surface area contributed by atoms with Crippen LogP contribution in [0.25, 0.3) is 0 Å². The molecule has 72 valence electrons. The van der Waals surface area contributed by atoms with Gasteiger partial charge in [0.25, 0.3) is 0 Å². The Hall–Kier alpha value is 0.545. The molecule has 0 aliphatic heterocycles. The molecule has 12 heavy (non-hydrogen) atoms. The van der Waals surface area contributed by atoms with E-state index in [4.69, 9.17) is 0 Å². The van der Waals surface area contributed by atoms with Gasteiger partial charge in [-0.15, -0.1) is 0 Å². The smallest absolute Gasteiger partial charge is 0.0928 e. The van der Waals surface area contributed by atoms with Gasteiger partial charge in [0.15, 0.2) is 0 Å². The lowest BCUT2D eigenvalue weighted by Crippen LogP contribution is -2.07. The molecule has 0 unspecified atom stereocenters. The van der Waals surface area contributed by atoms with Crippen LogP contribution in [0.3, 0.4) is 0 Å². The van der Waals surface area contributed by atoms with E-state index in [1.807, 2.05) is 0 Å². The highest BCUT2D eigenvalue weighted by molar-refractivity contribution is 9.09. The Morgan fingerprint density at radius 3 is 2.00 bits per heavy atom. The van der Waals surface area contributed by atoms with Crippen LogP contribution >= 0.6 is 15.9 Å². The van der Waals surface area contributed by atoms with E-state index in [2.05, 4.69) is 29.8 Å². The van der Waals surface area contributed by atoms with Gasteiger partial charge in [-0.2, -0.15) is 0 Å². The van der Waals surface area contributed by atoms with Crippen molar-refractivity contribution in [2.24, 2.45) is 0 Å². The van der Waals surface area contributed by atoms with Crippen LogP contribution in [0, 0.1) is 0 Å². The average Bonchev–Trinajstić information content (AvgIpc) is 2.11. The van der Waals surface area contributed by atoms with E-state index in [9.17, 15) is 0 Å². The van der Waals surface area contributed by atoms with E-state index < -0.39 is 0 Å². The minimum atomic E-state index is 0.994. The predicted octanol–water partition coefficient (Wildman–Crippen LogP) is 4.48. The van der Waals surface area contributed by atoms with Crippen molar-refractivity contribution in [3.05, 3.63) is 0 Å². The van der Waals surface area contributed by atoms with Crippen LogP contribution in [-0.2, 0) is 0 Å². The van der Waals surface area contributed by atoms with Crippen molar-refractivity contribution < 1.29 is 0 Å². The van der Waals surface area contributed by atoms with Gasteiger partial charge in [-0.3, -0.25) is 0 Å². The number of hydrogen-bond acceptors (Lipinski definition) is 0. The molecule has 0 aliphatic carbocycles. The lowest BCUT2D eigenvalue weighted by atomic mass is 9.43. The highest BCUT2D eigenvalue weighted by atomic mass is 79.9. The Bertz CT molecular complexity index is 81.9. The van der Waals surface area contributed by atoms with Crippen molar-refractivity contribution in [1.29, 1.82) is 0 Å². The maximum Gasteiger partial charge on any atom is 0.139 e. The zero-order chi connectivity index (χ0) is 9.23. The molecule has 0 rings (SSSR count). The Balaban J connectivity index is 3.06. The molecular formula is C10H22BBr. The zero-order valence-electron chi connectivity index (χ0n) is 8.61. The molecule has 0 amide bonds. The second-order valence-corrected chi connectivity index (χ2v) is 4.37. The summed E-state index contributed by atoms with van der Waals surface area (Å²) >= 11 is 3.46. The van der Waals surface area contributed by atoms with Gasteiger partial charge in [-0.25, -0.2) is 0 Å². The molecule has 0 spiro atoms. The number of hydrogen-bond donors (Lipinski definition) is 0. The monoisotopic (exact) mass is 232 g/mol. The van der Waals surface area contributed by atoms with E-state index in [1.165, 1.54) is 50.0 Å². The molecule has 0 N–H and O–H groups in total. The van der Waals surface area contributed by atoms with Crippen LogP contribution in [0.1, 0.15) is 39.5 Å². The summed E-state index contributed by atoms with van der Waals surface area (Å²) in [5.74, 6) is 0. The SMILES string of the molecule is CCB(CC)CCCCCCBr. The van der Waals surface area contributed by atoms with Crippen molar-refractivity contribution in [1.82, 2.24) is 0 Å². The van der Waals surface area contributed by atoms with Crippen LogP contribution in [0.2, 0.25) is 19.0 Å². The summed E-state index contributed by atoms with van der Waals surface area (Å²) in [5, 5.41) is 1.18. The fourth-order valence-electron chi connectivity index (χ4n) is 1.58. The van der Waals surface area contributed by atoms with Crippen LogP contribution in [0.5, 0.6) is 0 Å². The molecule has 0 radical (unpaired) electrons. The quantitative estimate of drug-likeness (QED) is 0.329. The van der Waals surface area contributed by atoms with E-state index >= 15 is 0 Å². The van der Waals surface area contributed by atoms with Gasteiger partial charge >= 0.3 is 0 Å². The normalized spacial score (nSPS) is 10.2. The van der Waals surface area contributed by atoms with Crippen LogP contribution in [0.4, 0.5) is 0 Å². The Kier molecular flexibility index (Phi) is 10.1. The first kappa shape index (κ1) is 12.5. The third-order valence-electron chi connectivity index (χ3n) is 2.65. The molecule has 0 atom stereocenters. The van der Waals surface area contributed by atoms with Gasteiger partial charge in [0.1, 0.15) is 6.71 Å². The molecule has 0 bridgehead atoms. The Morgan fingerprint density at radius 1 is 0.917 bits per heavy atom. The molecule has 0 fully saturated rings. The van der Waals surface area contributed by atoms with E-state index in [0.717, 1.165) is 6.71 Å². The van der Waals surface area contributed by atoms with E-state index in [1.54, 1.807) is 0 Å². The topological polar surface area (TPSA) is 0 Å². The van der Waals surface area contributed by atoms with Gasteiger partial charge in [-0.1, -0.05) is 68.0 Å². The van der Waals surface area contributed by atoms with Gasteiger partial charge in [0, 0.05) is 5.33 Å². The summed E-state index contributed by atoms with van der Waals surface area (Å²) in [4.78, 5) is 0. The average molecular weight is 233 g/mol.